The molecule has 0 aliphatic carbocycles. The third kappa shape index (κ3) is 3.82. The van der Waals surface area contributed by atoms with Crippen molar-refractivity contribution < 1.29 is 4.79 Å². The number of aryl methyl sites for hydroxylation is 1. The van der Waals surface area contributed by atoms with E-state index >= 15 is 0 Å². The standard InChI is InChI=1S/C13H14N4OS2/c1-8-7-20-11(17-8)4-5-15-13(18)10-3-2-9(6-16-10)12(14)19/h2-3,6-7H,4-5H2,1H3,(H2,14,19)(H,15,18). The molecule has 7 heteroatoms. The summed E-state index contributed by atoms with van der Waals surface area (Å²) in [7, 11) is 0. The number of carbonyl (C=O) groups is 1. The first-order chi connectivity index (χ1) is 9.56. The van der Waals surface area contributed by atoms with Gasteiger partial charge in [-0.3, -0.25) is 9.78 Å². The molecule has 0 saturated heterocycles. The van der Waals surface area contributed by atoms with Gasteiger partial charge in [0.05, 0.1) is 5.01 Å². The van der Waals surface area contributed by atoms with Gasteiger partial charge in [0.2, 0.25) is 0 Å². The zero-order chi connectivity index (χ0) is 14.5. The van der Waals surface area contributed by atoms with Crippen molar-refractivity contribution in [3.05, 3.63) is 45.7 Å². The minimum Gasteiger partial charge on any atom is -0.389 e. The predicted molar refractivity (Wildman–Crippen MR) is 83.0 cm³/mol. The van der Waals surface area contributed by atoms with Gasteiger partial charge in [-0.15, -0.1) is 11.3 Å². The van der Waals surface area contributed by atoms with E-state index in [1.807, 2.05) is 12.3 Å². The molecule has 0 saturated carbocycles. The largest absolute Gasteiger partial charge is 0.389 e. The van der Waals surface area contributed by atoms with Gasteiger partial charge in [-0.2, -0.15) is 0 Å². The molecule has 2 heterocycles. The second-order valence-corrected chi connectivity index (χ2v) is 5.57. The second kappa shape index (κ2) is 6.53. The first kappa shape index (κ1) is 14.5. The number of nitrogens with zero attached hydrogens (tertiary/aromatic N) is 2. The van der Waals surface area contributed by atoms with E-state index in [1.54, 1.807) is 23.5 Å². The molecule has 3 N–H and O–H groups in total. The third-order valence-electron chi connectivity index (χ3n) is 2.57. The number of nitrogens with two attached hydrogens (primary N) is 1. The topological polar surface area (TPSA) is 80.9 Å². The first-order valence-corrected chi connectivity index (χ1v) is 7.30. The van der Waals surface area contributed by atoms with Crippen LogP contribution in [0.3, 0.4) is 0 Å². The van der Waals surface area contributed by atoms with Gasteiger partial charge >= 0.3 is 0 Å². The number of aromatic nitrogens is 2. The summed E-state index contributed by atoms with van der Waals surface area (Å²) in [5.41, 5.74) is 7.47. The maximum Gasteiger partial charge on any atom is 0.269 e. The quantitative estimate of drug-likeness (QED) is 0.817. The van der Waals surface area contributed by atoms with Crippen molar-refractivity contribution in [2.75, 3.05) is 6.54 Å². The van der Waals surface area contributed by atoms with Gasteiger partial charge in [-0.05, 0) is 19.1 Å². The van der Waals surface area contributed by atoms with Crippen molar-refractivity contribution in [1.82, 2.24) is 15.3 Å². The molecule has 0 aliphatic heterocycles. The van der Waals surface area contributed by atoms with Crippen LogP contribution >= 0.6 is 23.6 Å². The van der Waals surface area contributed by atoms with Crippen molar-refractivity contribution in [1.29, 1.82) is 0 Å². The average molecular weight is 306 g/mol. The van der Waals surface area contributed by atoms with Crippen LogP contribution in [0.1, 0.15) is 26.8 Å². The van der Waals surface area contributed by atoms with E-state index in [-0.39, 0.29) is 10.9 Å². The maximum atomic E-state index is 11.9. The molecule has 5 nitrogen and oxygen atoms in total. The van der Waals surface area contributed by atoms with E-state index in [4.69, 9.17) is 18.0 Å². The Balaban J connectivity index is 1.86. The number of rotatable bonds is 5. The Morgan fingerprint density at radius 3 is 2.85 bits per heavy atom. The molecule has 2 rings (SSSR count). The fourth-order valence-electron chi connectivity index (χ4n) is 1.56. The average Bonchev–Trinajstić information content (AvgIpc) is 2.84. The molecule has 0 spiro atoms. The highest BCUT2D eigenvalue weighted by Crippen LogP contribution is 2.08. The molecular weight excluding hydrogens is 292 g/mol. The summed E-state index contributed by atoms with van der Waals surface area (Å²) in [5, 5.41) is 5.81. The number of nitrogens with one attached hydrogen (secondary N) is 1. The van der Waals surface area contributed by atoms with E-state index in [1.165, 1.54) is 6.20 Å². The lowest BCUT2D eigenvalue weighted by molar-refractivity contribution is 0.0949. The molecule has 1 amide bonds. The van der Waals surface area contributed by atoms with Crippen LogP contribution in [-0.4, -0.2) is 27.4 Å². The molecule has 0 aliphatic rings. The number of pyridine rings is 1. The van der Waals surface area contributed by atoms with Gasteiger partial charge in [-0.1, -0.05) is 12.2 Å². The van der Waals surface area contributed by atoms with Crippen molar-refractivity contribution in [3.63, 3.8) is 0 Å². The van der Waals surface area contributed by atoms with Crippen LogP contribution in [0.2, 0.25) is 0 Å². The maximum absolute atomic E-state index is 11.9. The molecular formula is C13H14N4OS2. The second-order valence-electron chi connectivity index (χ2n) is 4.18. The summed E-state index contributed by atoms with van der Waals surface area (Å²) in [6.07, 6.45) is 2.22. The van der Waals surface area contributed by atoms with E-state index in [9.17, 15) is 4.79 Å². The molecule has 0 unspecified atom stereocenters. The molecule has 2 aromatic rings. The summed E-state index contributed by atoms with van der Waals surface area (Å²) in [5.74, 6) is -0.215. The zero-order valence-corrected chi connectivity index (χ0v) is 12.6. The van der Waals surface area contributed by atoms with Crippen LogP contribution in [0.4, 0.5) is 0 Å². The van der Waals surface area contributed by atoms with Gasteiger partial charge in [0, 0.05) is 35.8 Å². The molecule has 2 aromatic heterocycles. The molecule has 0 atom stereocenters. The first-order valence-electron chi connectivity index (χ1n) is 6.01. The fourth-order valence-corrected chi connectivity index (χ4v) is 2.46. The summed E-state index contributed by atoms with van der Waals surface area (Å²) >= 11 is 6.42. The van der Waals surface area contributed by atoms with Gasteiger partial charge in [0.1, 0.15) is 10.7 Å². The van der Waals surface area contributed by atoms with Crippen LogP contribution in [0.5, 0.6) is 0 Å². The Morgan fingerprint density at radius 2 is 2.30 bits per heavy atom. The highest BCUT2D eigenvalue weighted by Gasteiger charge is 2.07. The van der Waals surface area contributed by atoms with E-state index < -0.39 is 0 Å². The Hall–Kier alpha value is -1.86. The van der Waals surface area contributed by atoms with Gasteiger partial charge in [-0.25, -0.2) is 4.98 Å². The lowest BCUT2D eigenvalue weighted by atomic mass is 10.2. The number of amides is 1. The molecule has 0 aromatic carbocycles. The van der Waals surface area contributed by atoms with Gasteiger partial charge < -0.3 is 11.1 Å². The van der Waals surface area contributed by atoms with Crippen molar-refractivity contribution in [3.8, 4) is 0 Å². The monoisotopic (exact) mass is 306 g/mol. The molecule has 0 fully saturated rings. The summed E-state index contributed by atoms with van der Waals surface area (Å²) < 4.78 is 0. The molecule has 104 valence electrons. The van der Waals surface area contributed by atoms with Crippen LogP contribution in [0.15, 0.2) is 23.7 Å². The smallest absolute Gasteiger partial charge is 0.269 e. The van der Waals surface area contributed by atoms with E-state index in [0.717, 1.165) is 17.1 Å². The number of hydrogen-bond acceptors (Lipinski definition) is 5. The molecule has 0 bridgehead atoms. The SMILES string of the molecule is Cc1csc(CCNC(=O)c2ccc(C(N)=S)cn2)n1. The number of thiocarbonyl (C=S) groups is 1. The van der Waals surface area contributed by atoms with Gasteiger partial charge in [0.25, 0.3) is 5.91 Å². The normalized spacial score (nSPS) is 10.2. The number of hydrogen-bond donors (Lipinski definition) is 2. The van der Waals surface area contributed by atoms with Crippen LogP contribution in [0, 0.1) is 6.92 Å². The Bertz CT molecular complexity index is 622. The number of carbonyl (C=O) groups excluding carboxylic acids is 1. The summed E-state index contributed by atoms with van der Waals surface area (Å²) in [6.45, 7) is 2.48. The minimum atomic E-state index is -0.215. The van der Waals surface area contributed by atoms with Crippen LogP contribution in [-0.2, 0) is 6.42 Å². The van der Waals surface area contributed by atoms with Crippen molar-refractivity contribution >= 4 is 34.5 Å². The fraction of sp³-hybridized carbons (Fsp3) is 0.231. The van der Waals surface area contributed by atoms with E-state index in [2.05, 4.69) is 15.3 Å². The highest BCUT2D eigenvalue weighted by atomic mass is 32.1. The van der Waals surface area contributed by atoms with Crippen molar-refractivity contribution in [2.45, 2.75) is 13.3 Å². The minimum absolute atomic E-state index is 0.215. The Labute approximate surface area is 126 Å². The summed E-state index contributed by atoms with van der Waals surface area (Å²) in [6, 6.07) is 3.30. The van der Waals surface area contributed by atoms with E-state index in [0.29, 0.717) is 17.8 Å². The Kier molecular flexibility index (Phi) is 4.75. The summed E-state index contributed by atoms with van der Waals surface area (Å²) in [4.78, 5) is 20.5. The zero-order valence-electron chi connectivity index (χ0n) is 10.9. The molecule has 0 radical (unpaired) electrons. The van der Waals surface area contributed by atoms with Crippen molar-refractivity contribution in [2.24, 2.45) is 5.73 Å². The lowest BCUT2D eigenvalue weighted by Gasteiger charge is -2.04. The third-order valence-corrected chi connectivity index (χ3v) is 3.83. The number of thiazole rings is 1. The predicted octanol–water partition coefficient (Wildman–Crippen LogP) is 1.45. The van der Waals surface area contributed by atoms with Crippen LogP contribution in [0.25, 0.3) is 0 Å². The lowest BCUT2D eigenvalue weighted by Crippen LogP contribution is -2.26. The van der Waals surface area contributed by atoms with Gasteiger partial charge in [0.15, 0.2) is 0 Å². The molecule has 20 heavy (non-hydrogen) atoms. The Morgan fingerprint density at radius 1 is 1.50 bits per heavy atom. The highest BCUT2D eigenvalue weighted by molar-refractivity contribution is 7.80. The van der Waals surface area contributed by atoms with Crippen LogP contribution < -0.4 is 11.1 Å².